The van der Waals surface area contributed by atoms with Gasteiger partial charge in [-0.25, -0.2) is 0 Å². The monoisotopic (exact) mass is 388 g/mol. The molecule has 3 rings (SSSR count). The predicted molar refractivity (Wildman–Crippen MR) is 129 cm³/mol. The van der Waals surface area contributed by atoms with Gasteiger partial charge in [-0.15, -0.1) is 6.58 Å². The first kappa shape index (κ1) is 21.9. The Bertz CT molecular complexity index is 709. The van der Waals surface area contributed by atoms with Gasteiger partial charge in [0.1, 0.15) is 0 Å². The number of hydrogen-bond acceptors (Lipinski definition) is 0. The van der Waals surface area contributed by atoms with Crippen molar-refractivity contribution in [3.05, 3.63) is 72.3 Å². The summed E-state index contributed by atoms with van der Waals surface area (Å²) in [5.74, 6) is 0. The Morgan fingerprint density at radius 3 is 1.59 bits per heavy atom. The maximum Gasteiger partial charge on any atom is 0.0249 e. The highest BCUT2D eigenvalue weighted by Crippen LogP contribution is 2.53. The predicted octanol–water partition coefficient (Wildman–Crippen LogP) is 9.23. The van der Waals surface area contributed by atoms with Crippen LogP contribution in [0.15, 0.2) is 61.2 Å². The van der Waals surface area contributed by atoms with Gasteiger partial charge in [-0.05, 0) is 35.1 Å². The van der Waals surface area contributed by atoms with Gasteiger partial charge in [-0.1, -0.05) is 132 Å². The van der Waals surface area contributed by atoms with Gasteiger partial charge in [0, 0.05) is 5.41 Å². The van der Waals surface area contributed by atoms with E-state index >= 15 is 0 Å². The molecule has 1 aliphatic rings. The van der Waals surface area contributed by atoms with E-state index < -0.39 is 0 Å². The molecule has 29 heavy (non-hydrogen) atoms. The molecule has 0 atom stereocenters. The Morgan fingerprint density at radius 1 is 0.655 bits per heavy atom. The lowest BCUT2D eigenvalue weighted by Crippen LogP contribution is -2.24. The Morgan fingerprint density at radius 2 is 1.10 bits per heavy atom. The van der Waals surface area contributed by atoms with E-state index in [-0.39, 0.29) is 5.41 Å². The van der Waals surface area contributed by atoms with Gasteiger partial charge in [0.2, 0.25) is 0 Å². The molecular formula is C29H40. The van der Waals surface area contributed by atoms with Crippen LogP contribution in [-0.4, -0.2) is 0 Å². The van der Waals surface area contributed by atoms with Gasteiger partial charge in [-0.2, -0.15) is 0 Å². The lowest BCUT2D eigenvalue weighted by Gasteiger charge is -2.31. The maximum atomic E-state index is 4.12. The molecule has 0 nitrogen and oxygen atoms in total. The molecule has 1 aliphatic carbocycles. The van der Waals surface area contributed by atoms with Crippen LogP contribution >= 0.6 is 0 Å². The smallest absolute Gasteiger partial charge is 0.0249 e. The largest absolute Gasteiger partial charge is 0.103 e. The summed E-state index contributed by atoms with van der Waals surface area (Å²) in [6.07, 6.45) is 19.8. The number of fused-ring (bicyclic) bond motifs is 3. The second-order valence-corrected chi connectivity index (χ2v) is 8.95. The molecule has 0 aliphatic heterocycles. The van der Waals surface area contributed by atoms with Crippen LogP contribution in [0.4, 0.5) is 0 Å². The van der Waals surface area contributed by atoms with E-state index in [1.165, 1.54) is 99.3 Å². The van der Waals surface area contributed by atoms with E-state index in [9.17, 15) is 0 Å². The van der Waals surface area contributed by atoms with Crippen LogP contribution in [0.2, 0.25) is 0 Å². The molecule has 2 aromatic rings. The molecule has 0 bridgehead atoms. The normalized spacial score (nSPS) is 13.8. The van der Waals surface area contributed by atoms with E-state index in [2.05, 4.69) is 68.1 Å². The number of rotatable bonds is 14. The molecule has 0 aromatic heterocycles. The Kier molecular flexibility index (Phi) is 8.59. The molecule has 0 radical (unpaired) electrons. The Hall–Kier alpha value is -1.82. The fourth-order valence-electron chi connectivity index (χ4n) is 5.34. The Balaban J connectivity index is 1.52. The second kappa shape index (κ2) is 11.4. The first-order valence-electron chi connectivity index (χ1n) is 12.1. The molecule has 0 amide bonds. The minimum atomic E-state index is 0.133. The summed E-state index contributed by atoms with van der Waals surface area (Å²) in [6.45, 7) is 6.41. The minimum absolute atomic E-state index is 0.133. The Labute approximate surface area is 179 Å². The van der Waals surface area contributed by atoms with Gasteiger partial charge < -0.3 is 0 Å². The SMILES string of the molecule is C=CCC1(CCCCCCCCCCCCC)c2ccccc2-c2ccccc21. The van der Waals surface area contributed by atoms with Gasteiger partial charge in [-0.3, -0.25) is 0 Å². The molecule has 156 valence electrons. The molecule has 0 N–H and O–H groups in total. The van der Waals surface area contributed by atoms with Crippen LogP contribution < -0.4 is 0 Å². The minimum Gasteiger partial charge on any atom is -0.103 e. The van der Waals surface area contributed by atoms with Crippen LogP contribution in [0.25, 0.3) is 11.1 Å². The van der Waals surface area contributed by atoms with Crippen LogP contribution in [0.3, 0.4) is 0 Å². The quantitative estimate of drug-likeness (QED) is 0.223. The van der Waals surface area contributed by atoms with Crippen molar-refractivity contribution < 1.29 is 0 Å². The zero-order chi connectivity index (χ0) is 20.4. The van der Waals surface area contributed by atoms with E-state index in [1.54, 1.807) is 0 Å². The highest BCUT2D eigenvalue weighted by Gasteiger charge is 2.41. The number of benzene rings is 2. The summed E-state index contributed by atoms with van der Waals surface area (Å²) in [5.41, 5.74) is 6.05. The molecule has 0 spiro atoms. The molecule has 0 heteroatoms. The number of unbranched alkanes of at least 4 members (excludes halogenated alkanes) is 10. The number of allylic oxidation sites excluding steroid dienone is 1. The van der Waals surface area contributed by atoms with Crippen molar-refractivity contribution >= 4 is 0 Å². The van der Waals surface area contributed by atoms with Crippen LogP contribution in [0.5, 0.6) is 0 Å². The van der Waals surface area contributed by atoms with E-state index in [1.807, 2.05) is 0 Å². The highest BCUT2D eigenvalue weighted by atomic mass is 14.4. The van der Waals surface area contributed by atoms with Crippen LogP contribution in [0, 0.1) is 0 Å². The molecule has 0 heterocycles. The fourth-order valence-corrected chi connectivity index (χ4v) is 5.34. The fraction of sp³-hybridized carbons (Fsp3) is 0.517. The summed E-state index contributed by atoms with van der Waals surface area (Å²) < 4.78 is 0. The van der Waals surface area contributed by atoms with Crippen LogP contribution in [-0.2, 0) is 5.41 Å². The van der Waals surface area contributed by atoms with Crippen molar-refractivity contribution in [3.8, 4) is 11.1 Å². The third kappa shape index (κ3) is 5.21. The molecule has 0 fully saturated rings. The molecule has 0 saturated heterocycles. The summed E-state index contributed by atoms with van der Waals surface area (Å²) in [4.78, 5) is 0. The topological polar surface area (TPSA) is 0 Å². The van der Waals surface area contributed by atoms with Crippen LogP contribution in [0.1, 0.15) is 102 Å². The summed E-state index contributed by atoms with van der Waals surface area (Å²) in [6, 6.07) is 18.1. The lowest BCUT2D eigenvalue weighted by atomic mass is 9.72. The number of hydrogen-bond donors (Lipinski definition) is 0. The zero-order valence-corrected chi connectivity index (χ0v) is 18.6. The molecular weight excluding hydrogens is 348 g/mol. The average molecular weight is 389 g/mol. The molecule has 2 aromatic carbocycles. The van der Waals surface area contributed by atoms with Crippen molar-refractivity contribution in [2.24, 2.45) is 0 Å². The zero-order valence-electron chi connectivity index (χ0n) is 18.6. The van der Waals surface area contributed by atoms with E-state index in [0.29, 0.717) is 0 Å². The van der Waals surface area contributed by atoms with Gasteiger partial charge in [0.25, 0.3) is 0 Å². The lowest BCUT2D eigenvalue weighted by molar-refractivity contribution is 0.448. The van der Waals surface area contributed by atoms with E-state index in [4.69, 9.17) is 0 Å². The van der Waals surface area contributed by atoms with Crippen molar-refractivity contribution in [2.45, 2.75) is 95.8 Å². The van der Waals surface area contributed by atoms with Gasteiger partial charge in [0.15, 0.2) is 0 Å². The first-order valence-corrected chi connectivity index (χ1v) is 12.1. The van der Waals surface area contributed by atoms with Crippen molar-refractivity contribution in [3.63, 3.8) is 0 Å². The third-order valence-corrected chi connectivity index (χ3v) is 6.88. The average Bonchev–Trinajstić information content (AvgIpc) is 3.03. The molecule has 0 saturated carbocycles. The maximum absolute atomic E-state index is 4.12. The molecule has 0 unspecified atom stereocenters. The van der Waals surface area contributed by atoms with Gasteiger partial charge >= 0.3 is 0 Å². The van der Waals surface area contributed by atoms with E-state index in [0.717, 1.165) is 6.42 Å². The summed E-state index contributed by atoms with van der Waals surface area (Å²) >= 11 is 0. The standard InChI is InChI=1S/C29H40/c1-3-5-6-7-8-9-10-11-12-13-18-24-29(23-4-2)27-21-16-14-19-25(27)26-20-15-17-22-28(26)29/h4,14-17,19-22H,2-3,5-13,18,23-24H2,1H3. The van der Waals surface area contributed by atoms with Crippen molar-refractivity contribution in [1.29, 1.82) is 0 Å². The highest BCUT2D eigenvalue weighted by molar-refractivity contribution is 5.81. The second-order valence-electron chi connectivity index (χ2n) is 8.95. The summed E-state index contributed by atoms with van der Waals surface area (Å²) in [7, 11) is 0. The van der Waals surface area contributed by atoms with Crippen molar-refractivity contribution in [2.75, 3.05) is 0 Å². The van der Waals surface area contributed by atoms with Gasteiger partial charge in [0.05, 0.1) is 0 Å². The third-order valence-electron chi connectivity index (χ3n) is 6.88. The van der Waals surface area contributed by atoms with Crippen molar-refractivity contribution in [1.82, 2.24) is 0 Å². The summed E-state index contributed by atoms with van der Waals surface area (Å²) in [5, 5.41) is 0. The first-order chi connectivity index (χ1) is 14.3.